The van der Waals surface area contributed by atoms with Crippen molar-refractivity contribution in [2.45, 2.75) is 58.3 Å². The Balaban J connectivity index is 1.66. The molecule has 5 heteroatoms. The molecule has 188 valence electrons. The first-order chi connectivity index (χ1) is 17.3. The number of hydrogen-bond acceptors (Lipinski definition) is 4. The molecule has 3 aromatic rings. The summed E-state index contributed by atoms with van der Waals surface area (Å²) in [6.07, 6.45) is 0.716. The summed E-state index contributed by atoms with van der Waals surface area (Å²) in [5, 5.41) is 0. The first kappa shape index (κ1) is 25.6. The molecule has 0 radical (unpaired) electrons. The summed E-state index contributed by atoms with van der Waals surface area (Å²) in [4.78, 5) is 30.5. The van der Waals surface area contributed by atoms with Crippen LogP contribution >= 0.6 is 0 Å². The quantitative estimate of drug-likeness (QED) is 0.408. The van der Waals surface area contributed by atoms with E-state index in [4.69, 9.17) is 4.74 Å². The Hall–Kier alpha value is -3.44. The molecule has 5 nitrogen and oxygen atoms in total. The molecule has 0 unspecified atom stereocenters. The van der Waals surface area contributed by atoms with Gasteiger partial charge in [-0.15, -0.1) is 0 Å². The van der Waals surface area contributed by atoms with Crippen LogP contribution in [0.4, 0.5) is 4.79 Å². The van der Waals surface area contributed by atoms with Crippen LogP contribution in [0.3, 0.4) is 0 Å². The molecular weight excluding hydrogens is 448 g/mol. The number of nitrogens with zero attached hydrogens (tertiary/aromatic N) is 2. The van der Waals surface area contributed by atoms with Gasteiger partial charge >= 0.3 is 6.09 Å². The Morgan fingerprint density at radius 3 is 1.78 bits per heavy atom. The van der Waals surface area contributed by atoms with Crippen molar-refractivity contribution in [2.75, 3.05) is 6.54 Å². The largest absolute Gasteiger partial charge is 0.443 e. The molecule has 4 rings (SSSR count). The zero-order chi connectivity index (χ0) is 25.5. The van der Waals surface area contributed by atoms with Gasteiger partial charge in [0.2, 0.25) is 5.91 Å². The van der Waals surface area contributed by atoms with Crippen LogP contribution < -0.4 is 0 Å². The maximum atomic E-state index is 13.9. The maximum Gasteiger partial charge on any atom is 0.417 e. The van der Waals surface area contributed by atoms with Crippen LogP contribution in [0.15, 0.2) is 91.0 Å². The summed E-state index contributed by atoms with van der Waals surface area (Å²) in [5.74, 6) is -0.517. The first-order valence-corrected chi connectivity index (χ1v) is 12.7. The van der Waals surface area contributed by atoms with Gasteiger partial charge in [-0.2, -0.15) is 0 Å². The van der Waals surface area contributed by atoms with Gasteiger partial charge in [0.1, 0.15) is 5.60 Å². The molecule has 1 heterocycles. The van der Waals surface area contributed by atoms with Crippen LogP contribution in [0.2, 0.25) is 0 Å². The minimum atomic E-state index is -0.657. The minimum absolute atomic E-state index is 0.0168. The number of likely N-dealkylation sites (tertiary alicyclic amines) is 1. The van der Waals surface area contributed by atoms with Gasteiger partial charge in [0.25, 0.3) is 0 Å². The monoisotopic (exact) mass is 484 g/mol. The van der Waals surface area contributed by atoms with E-state index >= 15 is 0 Å². The number of piperidine rings is 1. The Morgan fingerprint density at radius 2 is 1.31 bits per heavy atom. The molecule has 0 saturated carbocycles. The number of benzene rings is 3. The lowest BCUT2D eigenvalue weighted by atomic mass is 9.84. The zero-order valence-electron chi connectivity index (χ0n) is 21.5. The van der Waals surface area contributed by atoms with Crippen molar-refractivity contribution in [2.24, 2.45) is 5.92 Å². The predicted molar refractivity (Wildman–Crippen MR) is 142 cm³/mol. The van der Waals surface area contributed by atoms with E-state index < -0.39 is 11.7 Å². The van der Waals surface area contributed by atoms with Crippen LogP contribution in [0.1, 0.15) is 43.9 Å². The molecule has 36 heavy (non-hydrogen) atoms. The van der Waals surface area contributed by atoms with Gasteiger partial charge in [-0.1, -0.05) is 91.0 Å². The highest BCUT2D eigenvalue weighted by Crippen LogP contribution is 2.30. The second-order valence-corrected chi connectivity index (χ2v) is 10.5. The summed E-state index contributed by atoms with van der Waals surface area (Å²) in [6, 6.07) is 30.8. The Kier molecular flexibility index (Phi) is 8.21. The Bertz CT molecular complexity index is 1090. The first-order valence-electron chi connectivity index (χ1n) is 12.7. The van der Waals surface area contributed by atoms with Crippen molar-refractivity contribution in [1.29, 1.82) is 0 Å². The van der Waals surface area contributed by atoms with E-state index in [-0.39, 0.29) is 17.9 Å². The second kappa shape index (κ2) is 11.5. The average molecular weight is 485 g/mol. The standard InChI is InChI=1S/C31H36N2O3/c1-31(2,3)36-30(35)33-20-19-28(27(29(33)34)21-24-13-7-4-8-14-24)32(22-25-15-9-5-10-16-25)23-26-17-11-6-12-18-26/h4-18,27-28H,19-23H2,1-3H3/t27-,28+/m0/s1. The fourth-order valence-corrected chi connectivity index (χ4v) is 4.89. The maximum absolute atomic E-state index is 13.9. The second-order valence-electron chi connectivity index (χ2n) is 10.5. The summed E-state index contributed by atoms with van der Waals surface area (Å²) in [5.41, 5.74) is 2.84. The van der Waals surface area contributed by atoms with Crippen LogP contribution in [-0.4, -0.2) is 40.0 Å². The molecule has 0 bridgehead atoms. The Morgan fingerprint density at radius 1 is 0.833 bits per heavy atom. The predicted octanol–water partition coefficient (Wildman–Crippen LogP) is 6.08. The van der Waals surface area contributed by atoms with E-state index in [1.165, 1.54) is 16.0 Å². The third kappa shape index (κ3) is 6.82. The van der Waals surface area contributed by atoms with Gasteiger partial charge in [-0.3, -0.25) is 9.69 Å². The van der Waals surface area contributed by atoms with Gasteiger partial charge in [0.15, 0.2) is 0 Å². The van der Waals surface area contributed by atoms with E-state index in [0.29, 0.717) is 19.4 Å². The number of amides is 2. The molecule has 0 aliphatic carbocycles. The summed E-state index contributed by atoms with van der Waals surface area (Å²) >= 11 is 0. The van der Waals surface area contributed by atoms with Crippen molar-refractivity contribution in [3.8, 4) is 0 Å². The molecule has 1 saturated heterocycles. The lowest BCUT2D eigenvalue weighted by Crippen LogP contribution is -2.56. The summed E-state index contributed by atoms with van der Waals surface area (Å²) in [6.45, 7) is 7.28. The molecule has 1 fully saturated rings. The number of ether oxygens (including phenoxy) is 1. The van der Waals surface area contributed by atoms with Gasteiger partial charge in [-0.05, 0) is 50.3 Å². The highest BCUT2D eigenvalue weighted by Gasteiger charge is 2.43. The molecule has 0 aromatic heterocycles. The van der Waals surface area contributed by atoms with Crippen LogP contribution in [-0.2, 0) is 29.0 Å². The third-order valence-corrected chi connectivity index (χ3v) is 6.53. The number of hydrogen-bond donors (Lipinski definition) is 0. The zero-order valence-corrected chi connectivity index (χ0v) is 21.5. The van der Waals surface area contributed by atoms with Gasteiger partial charge in [-0.25, -0.2) is 9.69 Å². The van der Waals surface area contributed by atoms with E-state index in [1.807, 2.05) is 75.4 Å². The summed E-state index contributed by atoms with van der Waals surface area (Å²) < 4.78 is 5.59. The molecular formula is C31H36N2O3. The highest BCUT2D eigenvalue weighted by atomic mass is 16.6. The molecule has 3 aromatic carbocycles. The average Bonchev–Trinajstić information content (AvgIpc) is 2.86. The van der Waals surface area contributed by atoms with Gasteiger partial charge < -0.3 is 4.74 Å². The van der Waals surface area contributed by atoms with Crippen molar-refractivity contribution in [1.82, 2.24) is 9.80 Å². The Labute approximate surface area is 214 Å². The minimum Gasteiger partial charge on any atom is -0.443 e. The molecule has 0 spiro atoms. The number of carbonyl (C=O) groups is 2. The van der Waals surface area contributed by atoms with E-state index in [1.54, 1.807) is 0 Å². The topological polar surface area (TPSA) is 49.9 Å². The van der Waals surface area contributed by atoms with Gasteiger partial charge in [0, 0.05) is 25.7 Å². The normalized spacial score (nSPS) is 18.3. The van der Waals surface area contributed by atoms with Crippen molar-refractivity contribution >= 4 is 12.0 Å². The summed E-state index contributed by atoms with van der Waals surface area (Å²) in [7, 11) is 0. The molecule has 2 atom stereocenters. The van der Waals surface area contributed by atoms with Crippen LogP contribution in [0.25, 0.3) is 0 Å². The molecule has 1 aliphatic heterocycles. The number of imide groups is 1. The SMILES string of the molecule is CC(C)(C)OC(=O)N1CC[C@@H](N(Cc2ccccc2)Cc2ccccc2)[C@H](Cc2ccccc2)C1=O. The highest BCUT2D eigenvalue weighted by molar-refractivity contribution is 5.94. The molecule has 1 aliphatic rings. The molecule has 0 N–H and O–H groups in total. The number of carbonyl (C=O) groups excluding carboxylic acids is 2. The van der Waals surface area contributed by atoms with E-state index in [0.717, 1.165) is 18.7 Å². The van der Waals surface area contributed by atoms with Crippen LogP contribution in [0, 0.1) is 5.92 Å². The molecule has 2 amide bonds. The fourth-order valence-electron chi connectivity index (χ4n) is 4.89. The van der Waals surface area contributed by atoms with E-state index in [2.05, 4.69) is 41.3 Å². The third-order valence-electron chi connectivity index (χ3n) is 6.53. The smallest absolute Gasteiger partial charge is 0.417 e. The number of rotatable bonds is 7. The van der Waals surface area contributed by atoms with E-state index in [9.17, 15) is 9.59 Å². The van der Waals surface area contributed by atoms with Crippen molar-refractivity contribution in [3.05, 3.63) is 108 Å². The van der Waals surface area contributed by atoms with Crippen molar-refractivity contribution in [3.63, 3.8) is 0 Å². The van der Waals surface area contributed by atoms with Crippen LogP contribution in [0.5, 0.6) is 0 Å². The lowest BCUT2D eigenvalue weighted by Gasteiger charge is -2.43. The van der Waals surface area contributed by atoms with Crippen molar-refractivity contribution < 1.29 is 14.3 Å². The lowest BCUT2D eigenvalue weighted by molar-refractivity contribution is -0.141. The van der Waals surface area contributed by atoms with Gasteiger partial charge in [0.05, 0.1) is 5.92 Å². The fraction of sp³-hybridized carbons (Fsp3) is 0.355.